The van der Waals surface area contributed by atoms with Crippen molar-refractivity contribution in [2.45, 2.75) is 39.2 Å². The third-order valence-electron chi connectivity index (χ3n) is 2.99. The molecule has 0 aromatic heterocycles. The first kappa shape index (κ1) is 15.8. The van der Waals surface area contributed by atoms with E-state index < -0.39 is 11.6 Å². The zero-order valence-electron chi connectivity index (χ0n) is 11.9. The van der Waals surface area contributed by atoms with Gasteiger partial charge in [-0.05, 0) is 39.5 Å². The Kier molecular flexibility index (Phi) is 5.60. The Bertz CT molecular complexity index is 327. The molecule has 0 radical (unpaired) electrons. The molecule has 2 N–H and O–H groups in total. The van der Waals surface area contributed by atoms with Crippen LogP contribution in [-0.2, 0) is 9.53 Å². The Morgan fingerprint density at radius 2 is 2.05 bits per heavy atom. The van der Waals surface area contributed by atoms with Crippen LogP contribution in [-0.4, -0.2) is 53.8 Å². The first-order chi connectivity index (χ1) is 8.84. The molecule has 0 unspecified atom stereocenters. The van der Waals surface area contributed by atoms with E-state index in [1.807, 2.05) is 20.8 Å². The summed E-state index contributed by atoms with van der Waals surface area (Å²) in [7, 11) is 0. The fourth-order valence-electron chi connectivity index (χ4n) is 1.84. The van der Waals surface area contributed by atoms with Crippen LogP contribution in [0.2, 0.25) is 0 Å². The summed E-state index contributed by atoms with van der Waals surface area (Å²) in [4.78, 5) is 24.1. The van der Waals surface area contributed by atoms with E-state index in [1.165, 1.54) is 4.90 Å². The van der Waals surface area contributed by atoms with Crippen LogP contribution in [0.5, 0.6) is 0 Å². The lowest BCUT2D eigenvalue weighted by Crippen LogP contribution is -2.48. The van der Waals surface area contributed by atoms with Crippen molar-refractivity contribution < 1.29 is 19.4 Å². The van der Waals surface area contributed by atoms with Gasteiger partial charge in [0.15, 0.2) is 0 Å². The van der Waals surface area contributed by atoms with Gasteiger partial charge in [-0.1, -0.05) is 0 Å². The van der Waals surface area contributed by atoms with Crippen molar-refractivity contribution in [2.75, 3.05) is 26.2 Å². The van der Waals surface area contributed by atoms with Crippen LogP contribution in [0.1, 0.15) is 33.6 Å². The number of carbonyl (C=O) groups is 2. The van der Waals surface area contributed by atoms with Gasteiger partial charge in [0.2, 0.25) is 0 Å². The highest BCUT2D eigenvalue weighted by atomic mass is 16.5. The standard InChI is InChI=1S/C13H24N2O4/c1-4-19-13(2,3)9-14-12(18)15(8-11(16)17)7-10-5-6-10/h10H,4-9H2,1-3H3,(H,14,18)(H,16,17). The SMILES string of the molecule is CCOC(C)(C)CNC(=O)N(CC(=O)O)CC1CC1. The summed E-state index contributed by atoms with van der Waals surface area (Å²) in [6.45, 7) is 6.88. The number of nitrogens with one attached hydrogen (secondary N) is 1. The van der Waals surface area contributed by atoms with Crippen LogP contribution in [0.3, 0.4) is 0 Å². The molecule has 1 aliphatic rings. The summed E-state index contributed by atoms with van der Waals surface area (Å²) in [5.74, 6) is -0.523. The predicted molar refractivity (Wildman–Crippen MR) is 71.0 cm³/mol. The van der Waals surface area contributed by atoms with E-state index in [4.69, 9.17) is 9.84 Å². The van der Waals surface area contributed by atoms with Gasteiger partial charge in [-0.15, -0.1) is 0 Å². The third kappa shape index (κ3) is 6.42. The Labute approximate surface area is 114 Å². The predicted octanol–water partition coefficient (Wildman–Crippen LogP) is 1.31. The van der Waals surface area contributed by atoms with E-state index in [9.17, 15) is 9.59 Å². The monoisotopic (exact) mass is 272 g/mol. The first-order valence-corrected chi connectivity index (χ1v) is 6.72. The van der Waals surface area contributed by atoms with Crippen molar-refractivity contribution in [3.8, 4) is 0 Å². The zero-order valence-corrected chi connectivity index (χ0v) is 11.9. The number of hydrogen-bond donors (Lipinski definition) is 2. The average molecular weight is 272 g/mol. The van der Waals surface area contributed by atoms with Gasteiger partial charge in [-0.2, -0.15) is 0 Å². The van der Waals surface area contributed by atoms with Gasteiger partial charge in [-0.25, -0.2) is 4.79 Å². The van der Waals surface area contributed by atoms with Gasteiger partial charge in [0.25, 0.3) is 0 Å². The molecule has 0 aromatic rings. The molecule has 6 heteroatoms. The van der Waals surface area contributed by atoms with Crippen LogP contribution in [0.25, 0.3) is 0 Å². The van der Waals surface area contributed by atoms with E-state index in [2.05, 4.69) is 5.32 Å². The number of rotatable bonds is 8. The highest BCUT2D eigenvalue weighted by molar-refractivity contribution is 5.80. The van der Waals surface area contributed by atoms with E-state index >= 15 is 0 Å². The van der Waals surface area contributed by atoms with E-state index in [-0.39, 0.29) is 12.6 Å². The summed E-state index contributed by atoms with van der Waals surface area (Å²) in [5.41, 5.74) is -0.446. The summed E-state index contributed by atoms with van der Waals surface area (Å²) in [6, 6.07) is -0.331. The molecule has 1 fully saturated rings. The number of carboxylic acid groups (broad SMARTS) is 1. The third-order valence-corrected chi connectivity index (χ3v) is 2.99. The van der Waals surface area contributed by atoms with Crippen LogP contribution < -0.4 is 5.32 Å². The van der Waals surface area contributed by atoms with Gasteiger partial charge in [0.1, 0.15) is 6.54 Å². The number of nitrogens with zero attached hydrogens (tertiary/aromatic N) is 1. The normalized spacial score (nSPS) is 15.1. The minimum absolute atomic E-state index is 0.253. The molecule has 0 aromatic carbocycles. The molecule has 1 aliphatic carbocycles. The molecular weight excluding hydrogens is 248 g/mol. The topological polar surface area (TPSA) is 78.9 Å². The molecule has 0 bridgehead atoms. The maximum atomic E-state index is 12.0. The van der Waals surface area contributed by atoms with Crippen molar-refractivity contribution >= 4 is 12.0 Å². The maximum absolute atomic E-state index is 12.0. The lowest BCUT2D eigenvalue weighted by molar-refractivity contribution is -0.137. The van der Waals surface area contributed by atoms with Gasteiger partial charge in [-0.3, -0.25) is 4.79 Å². The average Bonchev–Trinajstić information content (AvgIpc) is 3.08. The lowest BCUT2D eigenvalue weighted by atomic mass is 10.1. The quantitative estimate of drug-likeness (QED) is 0.698. The molecule has 0 aliphatic heterocycles. The fraction of sp³-hybridized carbons (Fsp3) is 0.846. The second kappa shape index (κ2) is 6.75. The van der Waals surface area contributed by atoms with E-state index in [0.29, 0.717) is 25.6 Å². The number of aliphatic carboxylic acids is 1. The lowest BCUT2D eigenvalue weighted by Gasteiger charge is -2.27. The molecule has 6 nitrogen and oxygen atoms in total. The minimum Gasteiger partial charge on any atom is -0.480 e. The van der Waals surface area contributed by atoms with Gasteiger partial charge < -0.3 is 20.1 Å². The molecule has 1 saturated carbocycles. The zero-order chi connectivity index (χ0) is 14.5. The molecule has 2 amide bonds. The van der Waals surface area contributed by atoms with Crippen molar-refractivity contribution in [1.29, 1.82) is 0 Å². The van der Waals surface area contributed by atoms with Crippen LogP contribution in [0.15, 0.2) is 0 Å². The Morgan fingerprint density at radius 3 is 2.53 bits per heavy atom. The van der Waals surface area contributed by atoms with E-state index in [1.54, 1.807) is 0 Å². The number of carboxylic acids is 1. The molecule has 0 spiro atoms. The smallest absolute Gasteiger partial charge is 0.323 e. The Balaban J connectivity index is 2.43. The number of amides is 2. The maximum Gasteiger partial charge on any atom is 0.323 e. The highest BCUT2D eigenvalue weighted by Crippen LogP contribution is 2.29. The number of carbonyl (C=O) groups excluding carboxylic acids is 1. The summed E-state index contributed by atoms with van der Waals surface area (Å²) in [6.07, 6.45) is 2.15. The summed E-state index contributed by atoms with van der Waals surface area (Å²) < 4.78 is 5.48. The second-order valence-corrected chi connectivity index (χ2v) is 5.57. The molecule has 0 saturated heterocycles. The van der Waals surface area contributed by atoms with Crippen molar-refractivity contribution in [1.82, 2.24) is 10.2 Å². The van der Waals surface area contributed by atoms with Crippen LogP contribution >= 0.6 is 0 Å². The molecular formula is C13H24N2O4. The number of ether oxygens (including phenoxy) is 1. The van der Waals surface area contributed by atoms with Gasteiger partial charge in [0, 0.05) is 19.7 Å². The first-order valence-electron chi connectivity index (χ1n) is 6.72. The fourth-order valence-corrected chi connectivity index (χ4v) is 1.84. The van der Waals surface area contributed by atoms with Crippen molar-refractivity contribution in [3.63, 3.8) is 0 Å². The molecule has 0 atom stereocenters. The molecule has 1 rings (SSSR count). The molecule has 0 heterocycles. The Morgan fingerprint density at radius 1 is 1.42 bits per heavy atom. The number of hydrogen-bond acceptors (Lipinski definition) is 3. The van der Waals surface area contributed by atoms with Crippen molar-refractivity contribution in [3.05, 3.63) is 0 Å². The number of urea groups is 1. The summed E-state index contributed by atoms with van der Waals surface area (Å²) >= 11 is 0. The van der Waals surface area contributed by atoms with Gasteiger partial charge in [0.05, 0.1) is 5.60 Å². The second-order valence-electron chi connectivity index (χ2n) is 5.57. The van der Waals surface area contributed by atoms with Gasteiger partial charge >= 0.3 is 12.0 Å². The van der Waals surface area contributed by atoms with E-state index in [0.717, 1.165) is 12.8 Å². The molecule has 110 valence electrons. The highest BCUT2D eigenvalue weighted by Gasteiger charge is 2.28. The van der Waals surface area contributed by atoms with Crippen LogP contribution in [0.4, 0.5) is 4.79 Å². The minimum atomic E-state index is -0.986. The summed E-state index contributed by atoms with van der Waals surface area (Å²) in [5, 5.41) is 11.6. The van der Waals surface area contributed by atoms with Crippen LogP contribution in [0, 0.1) is 5.92 Å². The van der Waals surface area contributed by atoms with Crippen molar-refractivity contribution in [2.24, 2.45) is 5.92 Å². The molecule has 19 heavy (non-hydrogen) atoms. The Hall–Kier alpha value is -1.30. The largest absolute Gasteiger partial charge is 0.480 e.